The molecule has 0 bridgehead atoms. The third-order valence-corrected chi connectivity index (χ3v) is 2.67. The molecule has 5 heteroatoms. The van der Waals surface area contributed by atoms with Gasteiger partial charge in [0.2, 0.25) is 0 Å². The van der Waals surface area contributed by atoms with Crippen molar-refractivity contribution in [1.82, 2.24) is 9.97 Å². The van der Waals surface area contributed by atoms with Crippen molar-refractivity contribution in [2.75, 3.05) is 30.3 Å². The van der Waals surface area contributed by atoms with E-state index in [2.05, 4.69) is 27.5 Å². The predicted molar refractivity (Wildman–Crippen MR) is 70.3 cm³/mol. The summed E-state index contributed by atoms with van der Waals surface area (Å²) in [4.78, 5) is 8.42. The molecule has 1 aromatic heterocycles. The highest BCUT2D eigenvalue weighted by molar-refractivity contribution is 5.56. The molecule has 0 spiro atoms. The standard InChI is InChI=1S/C12H22N4O/c1-4-13-11-10(3)12(16-8-15-11)14-7-9(2)5-6-17/h8-9,17H,4-7H2,1-3H3,(H2,13,14,15,16). The Balaban J connectivity index is 2.61. The number of aromatic nitrogens is 2. The van der Waals surface area contributed by atoms with Gasteiger partial charge in [-0.3, -0.25) is 0 Å². The van der Waals surface area contributed by atoms with E-state index < -0.39 is 0 Å². The lowest BCUT2D eigenvalue weighted by molar-refractivity contribution is 0.266. The molecule has 1 aromatic rings. The van der Waals surface area contributed by atoms with Crippen LogP contribution in [-0.2, 0) is 0 Å². The minimum Gasteiger partial charge on any atom is -0.396 e. The Morgan fingerprint density at radius 1 is 1.29 bits per heavy atom. The molecular weight excluding hydrogens is 216 g/mol. The third-order valence-electron chi connectivity index (χ3n) is 2.67. The van der Waals surface area contributed by atoms with Crippen molar-refractivity contribution in [1.29, 1.82) is 0 Å². The van der Waals surface area contributed by atoms with Crippen LogP contribution in [0, 0.1) is 12.8 Å². The summed E-state index contributed by atoms with van der Waals surface area (Å²) in [5.41, 5.74) is 1.03. The van der Waals surface area contributed by atoms with E-state index in [1.165, 1.54) is 0 Å². The highest BCUT2D eigenvalue weighted by atomic mass is 16.3. The maximum absolute atomic E-state index is 8.84. The van der Waals surface area contributed by atoms with Crippen LogP contribution in [0.25, 0.3) is 0 Å². The van der Waals surface area contributed by atoms with Crippen LogP contribution in [0.4, 0.5) is 11.6 Å². The van der Waals surface area contributed by atoms with Crippen LogP contribution in [0.5, 0.6) is 0 Å². The van der Waals surface area contributed by atoms with E-state index in [4.69, 9.17) is 5.11 Å². The number of hydrogen-bond acceptors (Lipinski definition) is 5. The molecule has 0 saturated heterocycles. The number of hydrogen-bond donors (Lipinski definition) is 3. The fraction of sp³-hybridized carbons (Fsp3) is 0.667. The summed E-state index contributed by atoms with van der Waals surface area (Å²) in [6, 6.07) is 0. The first kappa shape index (κ1) is 13.7. The quantitative estimate of drug-likeness (QED) is 0.674. The van der Waals surface area contributed by atoms with Crippen LogP contribution in [0.3, 0.4) is 0 Å². The summed E-state index contributed by atoms with van der Waals surface area (Å²) in [5.74, 6) is 2.16. The molecule has 1 heterocycles. The second-order valence-electron chi connectivity index (χ2n) is 4.22. The summed E-state index contributed by atoms with van der Waals surface area (Å²) >= 11 is 0. The fourth-order valence-electron chi connectivity index (χ4n) is 1.57. The second kappa shape index (κ2) is 7.06. The zero-order valence-electron chi connectivity index (χ0n) is 10.8. The van der Waals surface area contributed by atoms with Crippen molar-refractivity contribution in [2.24, 2.45) is 5.92 Å². The largest absolute Gasteiger partial charge is 0.396 e. The van der Waals surface area contributed by atoms with Gasteiger partial charge in [-0.2, -0.15) is 0 Å². The zero-order valence-corrected chi connectivity index (χ0v) is 10.8. The van der Waals surface area contributed by atoms with Gasteiger partial charge in [0.15, 0.2) is 0 Å². The Bertz CT molecular complexity index is 343. The molecule has 1 rings (SSSR count). The number of rotatable bonds is 7. The zero-order chi connectivity index (χ0) is 12.7. The molecule has 96 valence electrons. The molecule has 1 unspecified atom stereocenters. The first-order chi connectivity index (χ1) is 8.19. The average Bonchev–Trinajstić information content (AvgIpc) is 2.31. The normalized spacial score (nSPS) is 12.2. The molecule has 0 aliphatic heterocycles. The van der Waals surface area contributed by atoms with E-state index in [1.54, 1.807) is 6.33 Å². The second-order valence-corrected chi connectivity index (χ2v) is 4.22. The van der Waals surface area contributed by atoms with Crippen LogP contribution in [-0.4, -0.2) is 34.8 Å². The lowest BCUT2D eigenvalue weighted by Gasteiger charge is -2.14. The van der Waals surface area contributed by atoms with Crippen LogP contribution < -0.4 is 10.6 Å². The SMILES string of the molecule is CCNc1ncnc(NCC(C)CCO)c1C. The molecule has 3 N–H and O–H groups in total. The van der Waals surface area contributed by atoms with Gasteiger partial charge in [0.05, 0.1) is 0 Å². The van der Waals surface area contributed by atoms with Crippen molar-refractivity contribution in [2.45, 2.75) is 27.2 Å². The number of nitrogens with one attached hydrogen (secondary N) is 2. The van der Waals surface area contributed by atoms with Gasteiger partial charge in [-0.1, -0.05) is 6.92 Å². The van der Waals surface area contributed by atoms with Crippen molar-refractivity contribution >= 4 is 11.6 Å². The Morgan fingerprint density at radius 3 is 2.53 bits per heavy atom. The molecule has 17 heavy (non-hydrogen) atoms. The summed E-state index contributed by atoms with van der Waals surface area (Å²) in [6.07, 6.45) is 2.36. The van der Waals surface area contributed by atoms with Crippen LogP contribution in [0.15, 0.2) is 6.33 Å². The molecule has 0 fully saturated rings. The first-order valence-electron chi connectivity index (χ1n) is 6.09. The number of aliphatic hydroxyl groups is 1. The average molecular weight is 238 g/mol. The van der Waals surface area contributed by atoms with Gasteiger partial charge in [-0.15, -0.1) is 0 Å². The summed E-state index contributed by atoms with van der Waals surface area (Å²) in [7, 11) is 0. The maximum atomic E-state index is 8.84. The number of aliphatic hydroxyl groups excluding tert-OH is 1. The molecule has 0 aliphatic rings. The fourth-order valence-corrected chi connectivity index (χ4v) is 1.57. The van der Waals surface area contributed by atoms with Crippen LogP contribution in [0.1, 0.15) is 25.8 Å². The smallest absolute Gasteiger partial charge is 0.134 e. The summed E-state index contributed by atoms with van der Waals surface area (Å²) in [5, 5.41) is 15.3. The van der Waals surface area contributed by atoms with Crippen LogP contribution in [0.2, 0.25) is 0 Å². The highest BCUT2D eigenvalue weighted by Crippen LogP contribution is 2.18. The van der Waals surface area contributed by atoms with Gasteiger partial charge in [0.1, 0.15) is 18.0 Å². The molecule has 0 aliphatic carbocycles. The topological polar surface area (TPSA) is 70.1 Å². The molecule has 1 atom stereocenters. The van der Waals surface area contributed by atoms with Crippen molar-refractivity contribution < 1.29 is 5.11 Å². The monoisotopic (exact) mass is 238 g/mol. The molecule has 0 saturated carbocycles. The van der Waals surface area contributed by atoms with Gasteiger partial charge in [0, 0.05) is 25.3 Å². The minimum absolute atomic E-state index is 0.230. The molecule has 0 aromatic carbocycles. The minimum atomic E-state index is 0.230. The van der Waals surface area contributed by atoms with Crippen LogP contribution >= 0.6 is 0 Å². The summed E-state index contributed by atoms with van der Waals surface area (Å²) < 4.78 is 0. The Labute approximate surface area is 103 Å². The van der Waals surface area contributed by atoms with Gasteiger partial charge in [-0.05, 0) is 26.2 Å². The Morgan fingerprint density at radius 2 is 1.94 bits per heavy atom. The van der Waals surface area contributed by atoms with Gasteiger partial charge in [0.25, 0.3) is 0 Å². The lowest BCUT2D eigenvalue weighted by Crippen LogP contribution is -2.15. The number of anilines is 2. The van der Waals surface area contributed by atoms with E-state index in [1.807, 2.05) is 13.8 Å². The van der Waals surface area contributed by atoms with E-state index >= 15 is 0 Å². The Kier molecular flexibility index (Phi) is 5.69. The van der Waals surface area contributed by atoms with E-state index in [-0.39, 0.29) is 6.61 Å². The molecule has 0 amide bonds. The maximum Gasteiger partial charge on any atom is 0.134 e. The molecular formula is C12H22N4O. The van der Waals surface area contributed by atoms with Crippen molar-refractivity contribution in [3.63, 3.8) is 0 Å². The number of nitrogens with zero attached hydrogens (tertiary/aromatic N) is 2. The summed E-state index contributed by atoms with van der Waals surface area (Å²) in [6.45, 7) is 8.02. The molecule has 5 nitrogen and oxygen atoms in total. The van der Waals surface area contributed by atoms with Crippen molar-refractivity contribution in [3.8, 4) is 0 Å². The van der Waals surface area contributed by atoms with Gasteiger partial charge in [-0.25, -0.2) is 9.97 Å². The highest BCUT2D eigenvalue weighted by Gasteiger charge is 2.07. The Hall–Kier alpha value is -1.36. The third kappa shape index (κ3) is 4.19. The predicted octanol–water partition coefficient (Wildman–Crippen LogP) is 1.65. The van der Waals surface area contributed by atoms with Gasteiger partial charge < -0.3 is 15.7 Å². The van der Waals surface area contributed by atoms with E-state index in [0.29, 0.717) is 5.92 Å². The van der Waals surface area contributed by atoms with Crippen molar-refractivity contribution in [3.05, 3.63) is 11.9 Å². The molecule has 0 radical (unpaired) electrons. The van der Waals surface area contributed by atoms with E-state index in [9.17, 15) is 0 Å². The lowest BCUT2D eigenvalue weighted by atomic mass is 10.1. The van der Waals surface area contributed by atoms with Gasteiger partial charge >= 0.3 is 0 Å². The first-order valence-corrected chi connectivity index (χ1v) is 6.09. The van der Waals surface area contributed by atoms with E-state index in [0.717, 1.165) is 36.7 Å².